The van der Waals surface area contributed by atoms with E-state index >= 15 is 0 Å². The molecule has 0 aliphatic heterocycles. The van der Waals surface area contributed by atoms with Gasteiger partial charge in [0.15, 0.2) is 5.76 Å². The van der Waals surface area contributed by atoms with E-state index in [-0.39, 0.29) is 6.61 Å². The Morgan fingerprint density at radius 3 is 2.25 bits per heavy atom. The Kier molecular flexibility index (Phi) is 4.40. The van der Waals surface area contributed by atoms with Crippen LogP contribution in [0.15, 0.2) is 16.5 Å². The largest absolute Gasteiger partial charge is 0.467 e. The van der Waals surface area contributed by atoms with Crippen LogP contribution < -0.4 is 5.38 Å². The molecule has 114 valence electrons. The van der Waals surface area contributed by atoms with Gasteiger partial charge in [0.25, 0.3) is 0 Å². The second kappa shape index (κ2) is 5.25. The Balaban J connectivity index is 3.33. The molecule has 0 unspecified atom stereocenters. The first-order valence-corrected chi connectivity index (χ1v) is 9.51. The van der Waals surface area contributed by atoms with Gasteiger partial charge in [0.1, 0.15) is 8.07 Å². The molecule has 1 atom stereocenters. The van der Waals surface area contributed by atoms with Crippen molar-refractivity contribution in [3.63, 3.8) is 0 Å². The van der Waals surface area contributed by atoms with Gasteiger partial charge in [0, 0.05) is 0 Å². The van der Waals surface area contributed by atoms with Crippen LogP contribution in [0, 0.1) is 0 Å². The van der Waals surface area contributed by atoms with Crippen molar-refractivity contribution in [2.75, 3.05) is 6.61 Å². The Hall–Kier alpha value is -1.28. The number of alkyl halides is 3. The number of carbonyl (C=O) groups is 1. The minimum atomic E-state index is -5.23. The monoisotopic (exact) mass is 310 g/mol. The summed E-state index contributed by atoms with van der Waals surface area (Å²) < 4.78 is 48.6. The summed E-state index contributed by atoms with van der Waals surface area (Å²) in [6, 6.07) is 2.33. The summed E-state index contributed by atoms with van der Waals surface area (Å²) in [5.41, 5.74) is -3.78. The van der Waals surface area contributed by atoms with Gasteiger partial charge in [0.2, 0.25) is 0 Å². The maximum absolute atomic E-state index is 13.1. The highest BCUT2D eigenvalue weighted by Gasteiger charge is 2.64. The minimum Gasteiger partial charge on any atom is -0.467 e. The Labute approximate surface area is 115 Å². The highest BCUT2D eigenvalue weighted by atomic mass is 28.3. The molecule has 0 radical (unpaired) electrons. The number of esters is 1. The number of halogens is 3. The van der Waals surface area contributed by atoms with Crippen LogP contribution in [0.3, 0.4) is 0 Å². The molecule has 0 aliphatic carbocycles. The minimum absolute atomic E-state index is 0.279. The number of aliphatic hydroxyl groups is 1. The maximum Gasteiger partial charge on any atom is 0.435 e. The molecule has 4 nitrogen and oxygen atoms in total. The van der Waals surface area contributed by atoms with Gasteiger partial charge >= 0.3 is 17.7 Å². The standard InChI is InChI=1S/C12H17F3O4Si/c1-5-18-10(16)11(17,12(13,14)15)8-6-7-9(19-8)20(2,3)4/h6-7,17H,5H2,1-4H3/t11-/m0/s1. The zero-order valence-corrected chi connectivity index (χ0v) is 12.7. The lowest BCUT2D eigenvalue weighted by atomic mass is 10.0. The van der Waals surface area contributed by atoms with Gasteiger partial charge in [-0.25, -0.2) is 4.79 Å². The van der Waals surface area contributed by atoms with E-state index in [0.29, 0.717) is 5.38 Å². The molecule has 1 heterocycles. The zero-order chi connectivity index (χ0) is 15.8. The van der Waals surface area contributed by atoms with E-state index in [2.05, 4.69) is 4.74 Å². The predicted molar refractivity (Wildman–Crippen MR) is 68.3 cm³/mol. The molecule has 1 aromatic heterocycles. The van der Waals surface area contributed by atoms with Crippen molar-refractivity contribution in [2.24, 2.45) is 0 Å². The molecular formula is C12H17F3O4Si. The Bertz CT molecular complexity index is 490. The molecule has 0 spiro atoms. The van der Waals surface area contributed by atoms with E-state index < -0.39 is 31.6 Å². The third-order valence-electron chi connectivity index (χ3n) is 2.68. The molecular weight excluding hydrogens is 293 g/mol. The first-order valence-electron chi connectivity index (χ1n) is 6.01. The van der Waals surface area contributed by atoms with Gasteiger partial charge < -0.3 is 14.3 Å². The van der Waals surface area contributed by atoms with Crippen molar-refractivity contribution in [2.45, 2.75) is 38.3 Å². The van der Waals surface area contributed by atoms with Crippen molar-refractivity contribution in [1.29, 1.82) is 0 Å². The van der Waals surface area contributed by atoms with Crippen LogP contribution in [0.5, 0.6) is 0 Å². The molecule has 1 rings (SSSR count). The normalized spacial score (nSPS) is 15.8. The van der Waals surface area contributed by atoms with Crippen LogP contribution >= 0.6 is 0 Å². The first kappa shape index (κ1) is 16.8. The number of rotatable bonds is 4. The van der Waals surface area contributed by atoms with Crippen molar-refractivity contribution in [1.82, 2.24) is 0 Å². The van der Waals surface area contributed by atoms with Crippen molar-refractivity contribution >= 4 is 19.4 Å². The third-order valence-corrected chi connectivity index (χ3v) is 4.43. The van der Waals surface area contributed by atoms with Gasteiger partial charge in [-0.1, -0.05) is 19.6 Å². The number of ether oxygens (including phenoxy) is 1. The highest BCUT2D eigenvalue weighted by molar-refractivity contribution is 6.87. The van der Waals surface area contributed by atoms with Gasteiger partial charge in [-0.15, -0.1) is 0 Å². The lowest BCUT2D eigenvalue weighted by Gasteiger charge is -2.26. The highest BCUT2D eigenvalue weighted by Crippen LogP contribution is 2.40. The van der Waals surface area contributed by atoms with Crippen LogP contribution in [0.1, 0.15) is 12.7 Å². The number of hydrogen-bond donors (Lipinski definition) is 1. The molecule has 8 heteroatoms. The van der Waals surface area contributed by atoms with Crippen molar-refractivity contribution in [3.05, 3.63) is 17.9 Å². The second-order valence-electron chi connectivity index (χ2n) is 5.34. The van der Waals surface area contributed by atoms with E-state index in [4.69, 9.17) is 4.42 Å². The van der Waals surface area contributed by atoms with E-state index in [9.17, 15) is 23.1 Å². The summed E-state index contributed by atoms with van der Waals surface area (Å²) in [6.07, 6.45) is -5.23. The molecule has 0 amide bonds. The Morgan fingerprint density at radius 2 is 1.90 bits per heavy atom. The molecule has 0 aliphatic rings. The van der Waals surface area contributed by atoms with Crippen LogP contribution in [0.4, 0.5) is 13.2 Å². The van der Waals surface area contributed by atoms with Gasteiger partial charge in [-0.05, 0) is 19.1 Å². The quantitative estimate of drug-likeness (QED) is 0.684. The van der Waals surface area contributed by atoms with Crippen molar-refractivity contribution in [3.8, 4) is 0 Å². The number of carbonyl (C=O) groups excluding carboxylic acids is 1. The summed E-state index contributed by atoms with van der Waals surface area (Å²) in [5, 5.41) is 10.2. The molecule has 0 bridgehead atoms. The summed E-state index contributed by atoms with van der Waals surface area (Å²) >= 11 is 0. The van der Waals surface area contributed by atoms with Crippen LogP contribution in [-0.4, -0.2) is 31.9 Å². The Morgan fingerprint density at radius 1 is 1.35 bits per heavy atom. The van der Waals surface area contributed by atoms with Crippen molar-refractivity contribution < 1.29 is 32.2 Å². The fourth-order valence-corrected chi connectivity index (χ4v) is 2.53. The average molecular weight is 310 g/mol. The topological polar surface area (TPSA) is 59.7 Å². The molecule has 0 aromatic carbocycles. The number of hydrogen-bond acceptors (Lipinski definition) is 4. The lowest BCUT2D eigenvalue weighted by molar-refractivity contribution is -0.272. The average Bonchev–Trinajstić information content (AvgIpc) is 2.75. The molecule has 0 saturated carbocycles. The molecule has 20 heavy (non-hydrogen) atoms. The van der Waals surface area contributed by atoms with E-state index in [1.807, 2.05) is 19.6 Å². The van der Waals surface area contributed by atoms with Gasteiger partial charge in [-0.3, -0.25) is 0 Å². The van der Waals surface area contributed by atoms with Crippen LogP contribution in [-0.2, 0) is 15.1 Å². The third kappa shape index (κ3) is 2.90. The molecule has 1 aromatic rings. The molecule has 0 fully saturated rings. The fourth-order valence-electron chi connectivity index (χ4n) is 1.53. The SMILES string of the molecule is CCOC(=O)[C@@](O)(c1ccc([Si](C)(C)C)o1)C(F)(F)F. The summed E-state index contributed by atoms with van der Waals surface area (Å²) in [7, 11) is -2.00. The lowest BCUT2D eigenvalue weighted by Crippen LogP contribution is -2.50. The van der Waals surface area contributed by atoms with E-state index in [1.54, 1.807) is 0 Å². The summed E-state index contributed by atoms with van der Waals surface area (Å²) in [5.74, 6) is -2.65. The molecule has 0 saturated heterocycles. The van der Waals surface area contributed by atoms with E-state index in [0.717, 1.165) is 6.07 Å². The zero-order valence-electron chi connectivity index (χ0n) is 11.7. The molecule has 1 N–H and O–H groups in total. The summed E-state index contributed by atoms with van der Waals surface area (Å²) in [4.78, 5) is 11.5. The van der Waals surface area contributed by atoms with Gasteiger partial charge in [0.05, 0.1) is 12.0 Å². The second-order valence-corrected chi connectivity index (χ2v) is 10.3. The predicted octanol–water partition coefficient (Wildman–Crippen LogP) is 2.14. The van der Waals surface area contributed by atoms with Crippen LogP contribution in [0.2, 0.25) is 19.6 Å². The summed E-state index contributed by atoms with van der Waals surface area (Å²) in [6.45, 7) is 6.68. The first-order chi connectivity index (χ1) is 8.94. The van der Waals surface area contributed by atoms with E-state index in [1.165, 1.54) is 13.0 Å². The fraction of sp³-hybridized carbons (Fsp3) is 0.583. The smallest absolute Gasteiger partial charge is 0.435 e. The maximum atomic E-state index is 13.1. The number of furan rings is 1. The van der Waals surface area contributed by atoms with Gasteiger partial charge in [-0.2, -0.15) is 13.2 Å². The van der Waals surface area contributed by atoms with Crippen LogP contribution in [0.25, 0.3) is 0 Å².